The van der Waals surface area contributed by atoms with Gasteiger partial charge in [-0.2, -0.15) is 10.5 Å². The predicted octanol–water partition coefficient (Wildman–Crippen LogP) is 8.82. The second-order valence-corrected chi connectivity index (χ2v) is 9.70. The van der Waals surface area contributed by atoms with Gasteiger partial charge in [0.05, 0.1) is 44.6 Å². The van der Waals surface area contributed by atoms with Gasteiger partial charge in [-0.25, -0.2) is 0 Å². The van der Waals surface area contributed by atoms with Crippen molar-refractivity contribution in [3.63, 3.8) is 0 Å². The van der Waals surface area contributed by atoms with Gasteiger partial charge in [0.1, 0.15) is 12.1 Å². The van der Waals surface area contributed by atoms with Crippen LogP contribution < -0.4 is 0 Å². The van der Waals surface area contributed by atoms with E-state index in [4.69, 9.17) is 0 Å². The van der Waals surface area contributed by atoms with E-state index in [0.717, 1.165) is 49.2 Å². The van der Waals surface area contributed by atoms with Crippen molar-refractivity contribution in [2.45, 2.75) is 0 Å². The summed E-state index contributed by atoms with van der Waals surface area (Å²) in [6.07, 6.45) is 5.70. The first-order valence-electron chi connectivity index (χ1n) is 13.0. The van der Waals surface area contributed by atoms with Crippen LogP contribution in [0.5, 0.6) is 0 Å². The van der Waals surface area contributed by atoms with Crippen LogP contribution in [-0.4, -0.2) is 9.13 Å². The van der Waals surface area contributed by atoms with Crippen LogP contribution in [0.2, 0.25) is 0 Å². The molecule has 0 fully saturated rings. The zero-order valence-electron chi connectivity index (χ0n) is 21.5. The van der Waals surface area contributed by atoms with E-state index in [9.17, 15) is 10.5 Å². The molecule has 4 nitrogen and oxygen atoms in total. The summed E-state index contributed by atoms with van der Waals surface area (Å²) in [5.74, 6) is 0. The Hall–Kier alpha value is -5.84. The minimum atomic E-state index is 0.495. The number of aromatic nitrogens is 2. The van der Waals surface area contributed by atoms with Crippen molar-refractivity contribution in [3.8, 4) is 23.5 Å². The molecule has 0 atom stereocenters. The van der Waals surface area contributed by atoms with Gasteiger partial charge >= 0.3 is 0 Å². The van der Waals surface area contributed by atoms with E-state index >= 15 is 0 Å². The molecule has 0 unspecified atom stereocenters. The third kappa shape index (κ3) is 3.38. The first kappa shape index (κ1) is 23.3. The molecule has 2 aromatic heterocycles. The van der Waals surface area contributed by atoms with Gasteiger partial charge in [0.2, 0.25) is 0 Å². The van der Waals surface area contributed by atoms with E-state index in [1.54, 1.807) is 6.08 Å². The summed E-state index contributed by atoms with van der Waals surface area (Å²) in [5, 5.41) is 25.2. The Bertz CT molecular complexity index is 2210. The number of hydrogen-bond donors (Lipinski definition) is 0. The third-order valence-electron chi connectivity index (χ3n) is 7.54. The summed E-state index contributed by atoms with van der Waals surface area (Å²) in [6.45, 7) is 3.78. The highest BCUT2D eigenvalue weighted by molar-refractivity contribution is 6.11. The number of hydrogen-bond acceptors (Lipinski definition) is 2. The van der Waals surface area contributed by atoms with Gasteiger partial charge in [-0.15, -0.1) is 0 Å². The van der Waals surface area contributed by atoms with Crippen molar-refractivity contribution in [3.05, 3.63) is 139 Å². The first-order chi connectivity index (χ1) is 19.7. The summed E-state index contributed by atoms with van der Waals surface area (Å²) in [7, 11) is 0. The van der Waals surface area contributed by atoms with Crippen molar-refractivity contribution >= 4 is 49.7 Å². The summed E-state index contributed by atoms with van der Waals surface area (Å²) >= 11 is 0. The Morgan fingerprint density at radius 1 is 0.550 bits per heavy atom. The highest BCUT2D eigenvalue weighted by Crippen LogP contribution is 2.37. The minimum Gasteiger partial charge on any atom is -0.308 e. The first-order valence-corrected chi connectivity index (χ1v) is 13.0. The molecule has 0 N–H and O–H groups in total. The largest absolute Gasteiger partial charge is 0.308 e. The fourth-order valence-electron chi connectivity index (χ4n) is 5.84. The molecule has 40 heavy (non-hydrogen) atoms. The van der Waals surface area contributed by atoms with Gasteiger partial charge in [-0.3, -0.25) is 0 Å². The molecule has 0 aliphatic heterocycles. The lowest BCUT2D eigenvalue weighted by atomic mass is 10.1. The average molecular weight is 511 g/mol. The maximum absolute atomic E-state index is 10.4. The second kappa shape index (κ2) is 9.17. The lowest BCUT2D eigenvalue weighted by Crippen LogP contribution is -2.04. The van der Waals surface area contributed by atoms with Crippen molar-refractivity contribution in [2.24, 2.45) is 0 Å². The van der Waals surface area contributed by atoms with Crippen LogP contribution in [0.25, 0.3) is 61.1 Å². The SMILES string of the molecule is C=C/C=C\c1ccc2c(c1)c1ccccc1n2-c1cc(C#N)c(-n2c3ccccc3c3ccccc32)cc1C#N. The van der Waals surface area contributed by atoms with Crippen molar-refractivity contribution in [1.29, 1.82) is 10.5 Å². The van der Waals surface area contributed by atoms with Crippen molar-refractivity contribution < 1.29 is 0 Å². The molecule has 7 aromatic rings. The van der Waals surface area contributed by atoms with Crippen LogP contribution in [0, 0.1) is 22.7 Å². The number of allylic oxidation sites excluding steroid dienone is 2. The molecule has 0 amide bonds. The zero-order valence-corrected chi connectivity index (χ0v) is 21.5. The number of nitrogens with zero attached hydrogens (tertiary/aromatic N) is 4. The molecule has 0 aliphatic rings. The highest BCUT2D eigenvalue weighted by atomic mass is 15.0. The molecule has 0 saturated carbocycles. The molecule has 186 valence electrons. The second-order valence-electron chi connectivity index (χ2n) is 9.70. The number of nitriles is 2. The van der Waals surface area contributed by atoms with E-state index in [1.807, 2.05) is 60.7 Å². The number of rotatable bonds is 4. The van der Waals surface area contributed by atoms with E-state index in [2.05, 4.69) is 82.4 Å². The maximum atomic E-state index is 10.4. The van der Waals surface area contributed by atoms with Gasteiger partial charge in [0.25, 0.3) is 0 Å². The molecule has 5 aromatic carbocycles. The standard InChI is InChI=1S/C36H22N4/c1-2-3-10-24-17-18-34-30(19-24)29-13-6-9-16-33(29)40(34)36-21-25(22-37)35(20-26(36)23-38)39-31-14-7-4-11-27(31)28-12-5-8-15-32(28)39/h2-21H,1H2/b10-3-. The lowest BCUT2D eigenvalue weighted by molar-refractivity contribution is 1.12. The molecule has 4 heteroatoms. The summed E-state index contributed by atoms with van der Waals surface area (Å²) < 4.78 is 4.19. The van der Waals surface area contributed by atoms with Crippen molar-refractivity contribution in [2.75, 3.05) is 0 Å². The Labute approximate surface area is 231 Å². The Morgan fingerprint density at radius 2 is 1.00 bits per heavy atom. The summed E-state index contributed by atoms with van der Waals surface area (Å²) in [5.41, 5.74) is 7.38. The summed E-state index contributed by atoms with van der Waals surface area (Å²) in [4.78, 5) is 0. The molecule has 0 aliphatic carbocycles. The Balaban J connectivity index is 1.55. The van der Waals surface area contributed by atoms with Crippen LogP contribution in [0.15, 0.2) is 122 Å². The third-order valence-corrected chi connectivity index (χ3v) is 7.54. The van der Waals surface area contributed by atoms with Gasteiger partial charge in [-0.1, -0.05) is 85.5 Å². The Morgan fingerprint density at radius 3 is 1.48 bits per heavy atom. The number of fused-ring (bicyclic) bond motifs is 6. The minimum absolute atomic E-state index is 0.495. The quantitative estimate of drug-likeness (QED) is 0.222. The smallest absolute Gasteiger partial charge is 0.101 e. The topological polar surface area (TPSA) is 57.4 Å². The fraction of sp³-hybridized carbons (Fsp3) is 0. The van der Waals surface area contributed by atoms with Crippen LogP contribution in [0.3, 0.4) is 0 Å². The summed E-state index contributed by atoms with van der Waals surface area (Å²) in [6, 6.07) is 39.4. The molecule has 0 spiro atoms. The molecule has 7 rings (SSSR count). The van der Waals surface area contributed by atoms with Crippen LogP contribution in [0.4, 0.5) is 0 Å². The van der Waals surface area contributed by atoms with E-state index in [1.165, 1.54) is 0 Å². The zero-order chi connectivity index (χ0) is 27.2. The lowest BCUT2D eigenvalue weighted by Gasteiger charge is -2.15. The van der Waals surface area contributed by atoms with E-state index in [0.29, 0.717) is 22.5 Å². The monoisotopic (exact) mass is 510 g/mol. The van der Waals surface area contributed by atoms with Crippen LogP contribution in [-0.2, 0) is 0 Å². The van der Waals surface area contributed by atoms with E-state index < -0.39 is 0 Å². The molecular formula is C36H22N4. The molecule has 0 saturated heterocycles. The van der Waals surface area contributed by atoms with Crippen molar-refractivity contribution in [1.82, 2.24) is 9.13 Å². The number of para-hydroxylation sites is 3. The van der Waals surface area contributed by atoms with Gasteiger partial charge in [0.15, 0.2) is 0 Å². The van der Waals surface area contributed by atoms with Gasteiger partial charge < -0.3 is 9.13 Å². The predicted molar refractivity (Wildman–Crippen MR) is 164 cm³/mol. The van der Waals surface area contributed by atoms with E-state index in [-0.39, 0.29) is 0 Å². The molecule has 2 heterocycles. The highest BCUT2D eigenvalue weighted by Gasteiger charge is 2.20. The van der Waals surface area contributed by atoms with Crippen LogP contribution >= 0.6 is 0 Å². The molecule has 0 radical (unpaired) electrons. The number of benzene rings is 5. The normalized spacial score (nSPS) is 11.4. The molecule has 0 bridgehead atoms. The van der Waals surface area contributed by atoms with Gasteiger partial charge in [-0.05, 0) is 48.0 Å². The Kier molecular flexibility index (Phi) is 5.34. The maximum Gasteiger partial charge on any atom is 0.101 e. The average Bonchev–Trinajstić information content (AvgIpc) is 3.52. The van der Waals surface area contributed by atoms with Crippen LogP contribution in [0.1, 0.15) is 16.7 Å². The van der Waals surface area contributed by atoms with Gasteiger partial charge in [0, 0.05) is 21.5 Å². The molecular weight excluding hydrogens is 488 g/mol. The fourth-order valence-corrected chi connectivity index (χ4v) is 5.84.